The largest absolute Gasteiger partial charge is 0.486 e. The predicted molar refractivity (Wildman–Crippen MR) is 96.9 cm³/mol. The van der Waals surface area contributed by atoms with Gasteiger partial charge in [0.1, 0.15) is 19.0 Å². The van der Waals surface area contributed by atoms with Crippen LogP contribution >= 0.6 is 11.3 Å². The van der Waals surface area contributed by atoms with Gasteiger partial charge in [-0.2, -0.15) is 0 Å². The number of rotatable bonds is 4. The van der Waals surface area contributed by atoms with Gasteiger partial charge in [0.05, 0.1) is 17.8 Å². The lowest BCUT2D eigenvalue weighted by atomic mass is 10.1. The number of carbonyl (C=O) groups excluding carboxylic acids is 1. The summed E-state index contributed by atoms with van der Waals surface area (Å²) in [4.78, 5) is 16.8. The molecule has 3 aromatic rings. The third kappa shape index (κ3) is 3.28. The highest BCUT2D eigenvalue weighted by Crippen LogP contribution is 2.35. The summed E-state index contributed by atoms with van der Waals surface area (Å²) in [5.41, 5.74) is 3.23. The Morgan fingerprint density at radius 3 is 2.81 bits per heavy atom. The molecule has 3 heterocycles. The fraction of sp³-hybridized carbons (Fsp3) is 0.278. The first kappa shape index (κ1) is 16.6. The number of carbonyl (C=O) groups is 1. The van der Waals surface area contributed by atoms with Gasteiger partial charge in [-0.3, -0.25) is 4.79 Å². The zero-order valence-corrected chi connectivity index (χ0v) is 15.2. The van der Waals surface area contributed by atoms with Crippen LogP contribution in [0.1, 0.15) is 17.0 Å². The van der Waals surface area contributed by atoms with Crippen LogP contribution in [0.2, 0.25) is 0 Å². The number of hydrogen-bond donors (Lipinski definition) is 1. The molecule has 1 aliphatic heterocycles. The summed E-state index contributed by atoms with van der Waals surface area (Å²) in [6, 6.07) is 5.70. The minimum Gasteiger partial charge on any atom is -0.486 e. The van der Waals surface area contributed by atoms with E-state index in [1.54, 1.807) is 6.92 Å². The normalized spacial score (nSPS) is 12.8. The molecule has 0 saturated carbocycles. The van der Waals surface area contributed by atoms with Gasteiger partial charge in [-0.25, -0.2) is 4.98 Å². The average Bonchev–Trinajstić information content (AvgIpc) is 3.23. The van der Waals surface area contributed by atoms with Crippen molar-refractivity contribution in [2.24, 2.45) is 0 Å². The van der Waals surface area contributed by atoms with Gasteiger partial charge >= 0.3 is 0 Å². The van der Waals surface area contributed by atoms with Crippen molar-refractivity contribution >= 4 is 22.4 Å². The Morgan fingerprint density at radius 1 is 1.23 bits per heavy atom. The molecule has 1 amide bonds. The topological polar surface area (TPSA) is 86.5 Å². The van der Waals surface area contributed by atoms with E-state index in [0.29, 0.717) is 29.9 Å². The first-order valence-electron chi connectivity index (χ1n) is 8.17. The van der Waals surface area contributed by atoms with E-state index in [0.717, 1.165) is 28.3 Å². The number of fused-ring (bicyclic) bond motifs is 1. The van der Waals surface area contributed by atoms with E-state index in [1.807, 2.05) is 30.5 Å². The third-order valence-electron chi connectivity index (χ3n) is 4.11. The Hall–Kier alpha value is -2.87. The monoisotopic (exact) mass is 371 g/mol. The van der Waals surface area contributed by atoms with Crippen molar-refractivity contribution in [3.63, 3.8) is 0 Å². The Balaban J connectivity index is 1.47. The van der Waals surface area contributed by atoms with Crippen molar-refractivity contribution in [1.82, 2.24) is 10.1 Å². The number of aromatic nitrogens is 2. The average molecular weight is 371 g/mol. The van der Waals surface area contributed by atoms with Gasteiger partial charge in [-0.15, -0.1) is 11.3 Å². The summed E-state index contributed by atoms with van der Waals surface area (Å²) in [6.45, 7) is 4.72. The summed E-state index contributed by atoms with van der Waals surface area (Å²) in [5, 5.41) is 9.14. The zero-order chi connectivity index (χ0) is 18.1. The second-order valence-electron chi connectivity index (χ2n) is 5.92. The number of benzene rings is 1. The Morgan fingerprint density at radius 2 is 2.04 bits per heavy atom. The lowest BCUT2D eigenvalue weighted by molar-refractivity contribution is -0.115. The first-order chi connectivity index (χ1) is 12.6. The SMILES string of the molecule is Cc1noc(C)c1CC(=O)Nc1nc(-c2ccc3c(c2)OCCO3)cs1. The molecule has 0 aliphatic carbocycles. The van der Waals surface area contributed by atoms with E-state index in [-0.39, 0.29) is 12.3 Å². The molecule has 0 unspecified atom stereocenters. The molecule has 26 heavy (non-hydrogen) atoms. The lowest BCUT2D eigenvalue weighted by Crippen LogP contribution is -2.15. The molecular formula is C18H17N3O4S. The van der Waals surface area contributed by atoms with Crippen LogP contribution in [0.4, 0.5) is 5.13 Å². The second kappa shape index (κ2) is 6.80. The summed E-state index contributed by atoms with van der Waals surface area (Å²) >= 11 is 1.38. The highest BCUT2D eigenvalue weighted by Gasteiger charge is 2.16. The van der Waals surface area contributed by atoms with Crippen molar-refractivity contribution in [3.05, 3.63) is 40.6 Å². The van der Waals surface area contributed by atoms with Gasteiger partial charge in [0.2, 0.25) is 5.91 Å². The van der Waals surface area contributed by atoms with E-state index in [2.05, 4.69) is 15.5 Å². The summed E-state index contributed by atoms with van der Waals surface area (Å²) in [5.74, 6) is 1.96. The molecule has 1 aromatic carbocycles. The molecule has 0 bridgehead atoms. The second-order valence-corrected chi connectivity index (χ2v) is 6.78. The molecule has 1 N–H and O–H groups in total. The molecule has 1 aliphatic rings. The summed E-state index contributed by atoms with van der Waals surface area (Å²) < 4.78 is 16.2. The Bertz CT molecular complexity index is 944. The summed E-state index contributed by atoms with van der Waals surface area (Å²) in [6.07, 6.45) is 0.208. The number of aryl methyl sites for hydroxylation is 2. The highest BCUT2D eigenvalue weighted by atomic mass is 32.1. The summed E-state index contributed by atoms with van der Waals surface area (Å²) in [7, 11) is 0. The molecule has 134 valence electrons. The van der Waals surface area contributed by atoms with E-state index >= 15 is 0 Å². The number of thiazole rings is 1. The van der Waals surface area contributed by atoms with Crippen molar-refractivity contribution in [3.8, 4) is 22.8 Å². The van der Waals surface area contributed by atoms with E-state index in [4.69, 9.17) is 14.0 Å². The van der Waals surface area contributed by atoms with Crippen LogP contribution in [0.5, 0.6) is 11.5 Å². The van der Waals surface area contributed by atoms with Crippen LogP contribution in [-0.4, -0.2) is 29.3 Å². The van der Waals surface area contributed by atoms with Crippen LogP contribution in [0.25, 0.3) is 11.3 Å². The molecule has 0 spiro atoms. The van der Waals surface area contributed by atoms with E-state index < -0.39 is 0 Å². The van der Waals surface area contributed by atoms with Gasteiger partial charge in [-0.05, 0) is 32.0 Å². The molecular weight excluding hydrogens is 354 g/mol. The van der Waals surface area contributed by atoms with Crippen LogP contribution in [0.15, 0.2) is 28.1 Å². The minimum atomic E-state index is -0.150. The first-order valence-corrected chi connectivity index (χ1v) is 9.05. The molecule has 2 aromatic heterocycles. The van der Waals surface area contributed by atoms with Gasteiger partial charge in [0.25, 0.3) is 0 Å². The quantitative estimate of drug-likeness (QED) is 0.757. The standard InChI is InChI=1S/C18H17N3O4S/c1-10-13(11(2)25-21-10)8-17(22)20-18-19-14(9-26-18)12-3-4-15-16(7-12)24-6-5-23-15/h3-4,7,9H,5-6,8H2,1-2H3,(H,19,20,22). The van der Waals surface area contributed by atoms with Crippen LogP contribution in [0.3, 0.4) is 0 Å². The molecule has 8 heteroatoms. The van der Waals surface area contributed by atoms with Gasteiger partial charge in [0.15, 0.2) is 16.6 Å². The number of hydrogen-bond acceptors (Lipinski definition) is 7. The molecule has 0 radical (unpaired) electrons. The van der Waals surface area contributed by atoms with Gasteiger partial charge in [-0.1, -0.05) is 5.16 Å². The number of nitrogens with zero attached hydrogens (tertiary/aromatic N) is 2. The van der Waals surface area contributed by atoms with E-state index in [9.17, 15) is 4.79 Å². The van der Waals surface area contributed by atoms with Crippen molar-refractivity contribution in [2.75, 3.05) is 18.5 Å². The van der Waals surface area contributed by atoms with Gasteiger partial charge in [0, 0.05) is 16.5 Å². The Labute approximate surface area is 153 Å². The number of ether oxygens (including phenoxy) is 2. The zero-order valence-electron chi connectivity index (χ0n) is 14.4. The number of nitrogens with one attached hydrogen (secondary N) is 1. The highest BCUT2D eigenvalue weighted by molar-refractivity contribution is 7.14. The number of anilines is 1. The predicted octanol–water partition coefficient (Wildman–Crippen LogP) is 3.37. The maximum absolute atomic E-state index is 12.3. The van der Waals surface area contributed by atoms with Crippen molar-refractivity contribution in [2.45, 2.75) is 20.3 Å². The number of amides is 1. The van der Waals surface area contributed by atoms with E-state index in [1.165, 1.54) is 11.3 Å². The molecule has 0 saturated heterocycles. The van der Waals surface area contributed by atoms with Crippen LogP contribution in [-0.2, 0) is 11.2 Å². The smallest absolute Gasteiger partial charge is 0.230 e. The Kier molecular flexibility index (Phi) is 4.34. The molecule has 0 atom stereocenters. The third-order valence-corrected chi connectivity index (χ3v) is 4.86. The fourth-order valence-corrected chi connectivity index (χ4v) is 3.48. The maximum Gasteiger partial charge on any atom is 0.230 e. The van der Waals surface area contributed by atoms with Crippen molar-refractivity contribution < 1.29 is 18.8 Å². The molecule has 7 nitrogen and oxygen atoms in total. The van der Waals surface area contributed by atoms with Crippen LogP contribution < -0.4 is 14.8 Å². The van der Waals surface area contributed by atoms with Gasteiger partial charge < -0.3 is 19.3 Å². The molecule has 0 fully saturated rings. The van der Waals surface area contributed by atoms with Crippen LogP contribution in [0, 0.1) is 13.8 Å². The maximum atomic E-state index is 12.3. The minimum absolute atomic E-state index is 0.150. The molecule has 4 rings (SSSR count). The van der Waals surface area contributed by atoms with Crippen molar-refractivity contribution in [1.29, 1.82) is 0 Å². The lowest BCUT2D eigenvalue weighted by Gasteiger charge is -2.18. The fourth-order valence-electron chi connectivity index (χ4n) is 2.74.